The summed E-state index contributed by atoms with van der Waals surface area (Å²) in [4.78, 5) is 10.6. The minimum absolute atomic E-state index is 0.602. The van der Waals surface area contributed by atoms with Crippen LogP contribution in [0.15, 0.2) is 60.1 Å². The molecule has 144 valence electrons. The van der Waals surface area contributed by atoms with Gasteiger partial charge in [0.25, 0.3) is 0 Å². The van der Waals surface area contributed by atoms with E-state index in [1.54, 1.807) is 11.3 Å². The molecule has 3 aromatic heterocycles. The maximum absolute atomic E-state index is 6.69. The Balaban J connectivity index is 1.79. The van der Waals surface area contributed by atoms with Crippen LogP contribution in [-0.2, 0) is 6.42 Å². The van der Waals surface area contributed by atoms with Gasteiger partial charge in [-0.05, 0) is 66.7 Å². The topological polar surface area (TPSA) is 56.7 Å². The van der Waals surface area contributed by atoms with Gasteiger partial charge in [0.05, 0.1) is 27.9 Å². The number of aromatic nitrogens is 3. The zero-order valence-electron chi connectivity index (χ0n) is 15.9. The molecule has 4 nitrogen and oxygen atoms in total. The van der Waals surface area contributed by atoms with Crippen molar-refractivity contribution in [1.29, 1.82) is 0 Å². The third-order valence-electron chi connectivity index (χ3n) is 5.14. The van der Waals surface area contributed by atoms with E-state index >= 15 is 0 Å². The summed E-state index contributed by atoms with van der Waals surface area (Å²) >= 11 is 8.42. The van der Waals surface area contributed by atoms with E-state index in [0.29, 0.717) is 11.6 Å². The summed E-state index contributed by atoms with van der Waals surface area (Å²) in [5.41, 5.74) is 11.8. The van der Waals surface area contributed by atoms with Crippen LogP contribution in [0.5, 0.6) is 0 Å². The van der Waals surface area contributed by atoms with Crippen LogP contribution in [0.25, 0.3) is 38.1 Å². The maximum atomic E-state index is 6.69. The predicted octanol–water partition coefficient (Wildman–Crippen LogP) is 5.77. The Hall–Kier alpha value is -2.73. The zero-order chi connectivity index (χ0) is 20.0. The van der Waals surface area contributed by atoms with Gasteiger partial charge < -0.3 is 5.73 Å². The molecule has 0 aliphatic rings. The quantitative estimate of drug-likeness (QED) is 0.403. The van der Waals surface area contributed by atoms with E-state index in [-0.39, 0.29) is 0 Å². The number of nitrogens with two attached hydrogens (primary N) is 1. The molecule has 0 atom stereocenters. The first-order valence-corrected chi connectivity index (χ1v) is 10.7. The molecule has 5 aromatic rings. The van der Waals surface area contributed by atoms with Crippen molar-refractivity contribution in [2.75, 3.05) is 6.54 Å². The molecule has 2 aromatic carbocycles. The van der Waals surface area contributed by atoms with Crippen molar-refractivity contribution in [2.24, 2.45) is 5.73 Å². The van der Waals surface area contributed by atoms with Gasteiger partial charge in [-0.2, -0.15) is 0 Å². The van der Waals surface area contributed by atoms with Gasteiger partial charge in [0, 0.05) is 10.3 Å². The van der Waals surface area contributed by atoms with Crippen LogP contribution in [0.1, 0.15) is 11.4 Å². The number of benzene rings is 2. The molecular formula is C23H19ClN4S. The molecular weight excluding hydrogens is 400 g/mol. The summed E-state index contributed by atoms with van der Waals surface area (Å²) < 4.78 is 2.13. The second-order valence-corrected chi connectivity index (χ2v) is 8.38. The van der Waals surface area contributed by atoms with E-state index in [4.69, 9.17) is 22.3 Å². The molecule has 0 saturated carbocycles. The molecule has 0 saturated heterocycles. The van der Waals surface area contributed by atoms with Crippen molar-refractivity contribution in [3.63, 3.8) is 0 Å². The lowest BCUT2D eigenvalue weighted by molar-refractivity contribution is 0.961. The van der Waals surface area contributed by atoms with Gasteiger partial charge in [-0.1, -0.05) is 29.8 Å². The largest absolute Gasteiger partial charge is 0.330 e. The number of nitrogens with zero attached hydrogens (tertiary/aromatic N) is 3. The lowest BCUT2D eigenvalue weighted by Gasteiger charge is -2.12. The molecule has 0 aliphatic heterocycles. The number of imidazole rings is 1. The molecule has 6 heteroatoms. The van der Waals surface area contributed by atoms with Crippen LogP contribution in [0.2, 0.25) is 5.02 Å². The molecule has 0 spiro atoms. The molecule has 29 heavy (non-hydrogen) atoms. The maximum Gasteiger partial charge on any atom is 0.111 e. The van der Waals surface area contributed by atoms with Crippen LogP contribution in [-0.4, -0.2) is 21.1 Å². The van der Waals surface area contributed by atoms with Crippen LogP contribution >= 0.6 is 22.9 Å². The normalized spacial score (nSPS) is 11.6. The van der Waals surface area contributed by atoms with Crippen molar-refractivity contribution in [3.05, 3.63) is 76.5 Å². The number of halogens is 1. The Morgan fingerprint density at radius 2 is 2.00 bits per heavy atom. The van der Waals surface area contributed by atoms with Crippen LogP contribution in [0.4, 0.5) is 0 Å². The van der Waals surface area contributed by atoms with E-state index in [9.17, 15) is 0 Å². The molecule has 0 fully saturated rings. The molecule has 0 amide bonds. The molecule has 0 aliphatic carbocycles. The third-order valence-corrected chi connectivity index (χ3v) is 6.36. The van der Waals surface area contributed by atoms with Gasteiger partial charge >= 0.3 is 0 Å². The standard InChI is InChI=1S/C23H19ClN4S/c1-14-27-20-13-26-19-6-5-16(22-3-2-10-29-22)12-17(19)23(20)28(14)21-7-4-15(8-9-25)11-18(21)24/h2-7,10-13H,8-9,25H2,1H3. The third kappa shape index (κ3) is 3.12. The van der Waals surface area contributed by atoms with E-state index in [1.807, 2.05) is 19.2 Å². The number of hydrogen-bond donors (Lipinski definition) is 1. The summed E-state index contributed by atoms with van der Waals surface area (Å²) in [6.45, 7) is 2.60. The van der Waals surface area contributed by atoms with Crippen molar-refractivity contribution in [1.82, 2.24) is 14.5 Å². The highest BCUT2D eigenvalue weighted by Gasteiger charge is 2.16. The molecule has 3 heterocycles. The van der Waals surface area contributed by atoms with Gasteiger partial charge in [0.2, 0.25) is 0 Å². The fraction of sp³-hybridized carbons (Fsp3) is 0.130. The summed E-state index contributed by atoms with van der Waals surface area (Å²) in [7, 11) is 0. The van der Waals surface area contributed by atoms with Crippen molar-refractivity contribution < 1.29 is 0 Å². The lowest BCUT2D eigenvalue weighted by atomic mass is 10.1. The monoisotopic (exact) mass is 418 g/mol. The number of aryl methyl sites for hydroxylation is 1. The molecule has 0 bridgehead atoms. The van der Waals surface area contributed by atoms with Gasteiger partial charge in [-0.25, -0.2) is 4.98 Å². The smallest absolute Gasteiger partial charge is 0.111 e. The highest BCUT2D eigenvalue weighted by atomic mass is 35.5. The van der Waals surface area contributed by atoms with E-state index in [2.05, 4.69) is 57.4 Å². The highest BCUT2D eigenvalue weighted by Crippen LogP contribution is 2.34. The molecule has 2 N–H and O–H groups in total. The van der Waals surface area contributed by atoms with E-state index in [0.717, 1.165) is 45.4 Å². The molecule has 0 radical (unpaired) electrons. The Kier molecular flexibility index (Phi) is 4.59. The predicted molar refractivity (Wildman–Crippen MR) is 122 cm³/mol. The average molecular weight is 419 g/mol. The van der Waals surface area contributed by atoms with E-state index < -0.39 is 0 Å². The average Bonchev–Trinajstić information content (AvgIpc) is 3.36. The summed E-state index contributed by atoms with van der Waals surface area (Å²) in [5, 5.41) is 3.85. The number of fused-ring (bicyclic) bond motifs is 3. The van der Waals surface area contributed by atoms with Crippen LogP contribution < -0.4 is 5.73 Å². The molecule has 5 rings (SSSR count). The lowest BCUT2D eigenvalue weighted by Crippen LogP contribution is -2.04. The van der Waals surface area contributed by atoms with Crippen molar-refractivity contribution >= 4 is 44.9 Å². The van der Waals surface area contributed by atoms with Crippen molar-refractivity contribution in [3.8, 4) is 16.1 Å². The second kappa shape index (κ2) is 7.26. The Morgan fingerprint density at radius 1 is 1.10 bits per heavy atom. The number of rotatable bonds is 4. The fourth-order valence-corrected chi connectivity index (χ4v) is 4.83. The number of pyridine rings is 1. The minimum atomic E-state index is 0.602. The Morgan fingerprint density at radius 3 is 2.76 bits per heavy atom. The fourth-order valence-electron chi connectivity index (χ4n) is 3.82. The zero-order valence-corrected chi connectivity index (χ0v) is 17.5. The first-order valence-electron chi connectivity index (χ1n) is 9.46. The van der Waals surface area contributed by atoms with Gasteiger partial charge in [-0.15, -0.1) is 11.3 Å². The van der Waals surface area contributed by atoms with Gasteiger partial charge in [-0.3, -0.25) is 9.55 Å². The van der Waals surface area contributed by atoms with Gasteiger partial charge in [0.15, 0.2) is 0 Å². The summed E-state index contributed by atoms with van der Waals surface area (Å²) in [6, 6.07) is 16.7. The van der Waals surface area contributed by atoms with E-state index in [1.165, 1.54) is 10.4 Å². The second-order valence-electron chi connectivity index (χ2n) is 7.02. The Labute approximate surface area is 177 Å². The van der Waals surface area contributed by atoms with Crippen LogP contribution in [0, 0.1) is 6.92 Å². The summed E-state index contributed by atoms with van der Waals surface area (Å²) in [6.07, 6.45) is 2.64. The van der Waals surface area contributed by atoms with Crippen molar-refractivity contribution in [2.45, 2.75) is 13.3 Å². The first-order chi connectivity index (χ1) is 14.2. The minimum Gasteiger partial charge on any atom is -0.330 e. The Bertz CT molecular complexity index is 1340. The molecule has 0 unspecified atom stereocenters. The first kappa shape index (κ1) is 18.3. The van der Waals surface area contributed by atoms with Gasteiger partial charge in [0.1, 0.15) is 11.3 Å². The number of hydrogen-bond acceptors (Lipinski definition) is 4. The summed E-state index contributed by atoms with van der Waals surface area (Å²) in [5.74, 6) is 0.879. The van der Waals surface area contributed by atoms with Crippen LogP contribution in [0.3, 0.4) is 0 Å². The SMILES string of the molecule is Cc1nc2cnc3ccc(-c4cccs4)cc3c2n1-c1ccc(CCN)cc1Cl. The highest BCUT2D eigenvalue weighted by molar-refractivity contribution is 7.13. The number of thiophene rings is 1.